The zero-order valence-electron chi connectivity index (χ0n) is 12.3. The Morgan fingerprint density at radius 3 is 3.09 bits per heavy atom. The number of aromatic nitrogens is 2. The molecule has 1 aromatic heterocycles. The lowest BCUT2D eigenvalue weighted by molar-refractivity contribution is -0.135. The molecular weight excluding hydrogens is 296 g/mol. The first-order chi connectivity index (χ1) is 11.3. The van der Waals surface area contributed by atoms with Gasteiger partial charge in [0.05, 0.1) is 24.8 Å². The SMILES string of the molecule is N#Cc1ccccc1/C=C/C(=O)N1CCOCC1c1ncon1. The first-order valence-corrected chi connectivity index (χ1v) is 7.11. The molecule has 1 aliphatic heterocycles. The van der Waals surface area contributed by atoms with E-state index in [4.69, 9.17) is 14.5 Å². The number of carbonyl (C=O) groups is 1. The van der Waals surface area contributed by atoms with Gasteiger partial charge in [-0.25, -0.2) is 0 Å². The number of amides is 1. The quantitative estimate of drug-likeness (QED) is 0.799. The van der Waals surface area contributed by atoms with Crippen LogP contribution in [0.5, 0.6) is 0 Å². The second kappa shape index (κ2) is 6.85. The van der Waals surface area contributed by atoms with Gasteiger partial charge in [0.2, 0.25) is 12.3 Å². The number of nitriles is 1. The summed E-state index contributed by atoms with van der Waals surface area (Å²) in [5.74, 6) is 0.236. The molecule has 1 unspecified atom stereocenters. The lowest BCUT2D eigenvalue weighted by Gasteiger charge is -2.32. The largest absolute Gasteiger partial charge is 0.377 e. The Bertz CT molecular complexity index is 749. The van der Waals surface area contributed by atoms with Gasteiger partial charge in [-0.1, -0.05) is 23.4 Å². The molecule has 0 bridgehead atoms. The van der Waals surface area contributed by atoms with E-state index in [1.807, 2.05) is 6.07 Å². The van der Waals surface area contributed by atoms with Crippen LogP contribution >= 0.6 is 0 Å². The number of hydrogen-bond donors (Lipinski definition) is 0. The molecule has 116 valence electrons. The summed E-state index contributed by atoms with van der Waals surface area (Å²) < 4.78 is 10.1. The molecule has 0 saturated carbocycles. The van der Waals surface area contributed by atoms with Crippen molar-refractivity contribution in [3.8, 4) is 6.07 Å². The summed E-state index contributed by atoms with van der Waals surface area (Å²) >= 11 is 0. The molecule has 3 rings (SSSR count). The monoisotopic (exact) mass is 310 g/mol. The molecular formula is C16H14N4O3. The van der Waals surface area contributed by atoms with E-state index < -0.39 is 0 Å². The van der Waals surface area contributed by atoms with E-state index in [0.717, 1.165) is 0 Å². The van der Waals surface area contributed by atoms with Crippen molar-refractivity contribution in [3.63, 3.8) is 0 Å². The van der Waals surface area contributed by atoms with E-state index in [1.54, 1.807) is 29.2 Å². The molecule has 0 radical (unpaired) electrons. The topological polar surface area (TPSA) is 92.2 Å². The highest BCUT2D eigenvalue weighted by Gasteiger charge is 2.30. The van der Waals surface area contributed by atoms with Gasteiger partial charge in [-0.15, -0.1) is 0 Å². The molecule has 0 spiro atoms. The lowest BCUT2D eigenvalue weighted by atomic mass is 10.1. The first kappa shape index (κ1) is 14.9. The fourth-order valence-electron chi connectivity index (χ4n) is 2.41. The Kier molecular flexibility index (Phi) is 4.45. The van der Waals surface area contributed by atoms with Gasteiger partial charge >= 0.3 is 0 Å². The third-order valence-corrected chi connectivity index (χ3v) is 3.57. The summed E-state index contributed by atoms with van der Waals surface area (Å²) in [6, 6.07) is 8.84. The van der Waals surface area contributed by atoms with Crippen LogP contribution in [-0.2, 0) is 9.53 Å². The summed E-state index contributed by atoms with van der Waals surface area (Å²) in [6.07, 6.45) is 4.32. The highest BCUT2D eigenvalue weighted by molar-refractivity contribution is 5.92. The first-order valence-electron chi connectivity index (χ1n) is 7.11. The van der Waals surface area contributed by atoms with Crippen molar-refractivity contribution in [2.24, 2.45) is 0 Å². The Morgan fingerprint density at radius 1 is 1.43 bits per heavy atom. The maximum atomic E-state index is 12.5. The van der Waals surface area contributed by atoms with Crippen LogP contribution in [0.2, 0.25) is 0 Å². The molecule has 7 heteroatoms. The van der Waals surface area contributed by atoms with Crippen molar-refractivity contribution in [3.05, 3.63) is 53.7 Å². The molecule has 1 atom stereocenters. The summed E-state index contributed by atoms with van der Waals surface area (Å²) in [4.78, 5) is 18.1. The second-order valence-corrected chi connectivity index (χ2v) is 4.94. The molecule has 1 aliphatic rings. The highest BCUT2D eigenvalue weighted by Crippen LogP contribution is 2.22. The molecule has 0 aliphatic carbocycles. The number of morpholine rings is 1. The number of benzene rings is 1. The second-order valence-electron chi connectivity index (χ2n) is 4.94. The van der Waals surface area contributed by atoms with E-state index in [0.29, 0.717) is 36.7 Å². The summed E-state index contributed by atoms with van der Waals surface area (Å²) in [5, 5.41) is 12.9. The van der Waals surface area contributed by atoms with Crippen LogP contribution in [-0.4, -0.2) is 40.7 Å². The van der Waals surface area contributed by atoms with E-state index in [9.17, 15) is 4.79 Å². The predicted octanol–water partition coefficient (Wildman–Crippen LogP) is 1.55. The van der Waals surface area contributed by atoms with Gasteiger partial charge in [0.25, 0.3) is 0 Å². The number of rotatable bonds is 3. The van der Waals surface area contributed by atoms with Gasteiger partial charge in [0, 0.05) is 12.6 Å². The molecule has 1 amide bonds. The van der Waals surface area contributed by atoms with Gasteiger partial charge in [0.1, 0.15) is 6.04 Å². The van der Waals surface area contributed by atoms with Crippen LogP contribution in [0.1, 0.15) is 23.0 Å². The van der Waals surface area contributed by atoms with Crippen molar-refractivity contribution < 1.29 is 14.1 Å². The van der Waals surface area contributed by atoms with E-state index in [-0.39, 0.29) is 11.9 Å². The van der Waals surface area contributed by atoms with Crippen LogP contribution in [0.4, 0.5) is 0 Å². The zero-order valence-corrected chi connectivity index (χ0v) is 12.3. The molecule has 2 heterocycles. The van der Waals surface area contributed by atoms with Crippen molar-refractivity contribution in [1.29, 1.82) is 5.26 Å². The van der Waals surface area contributed by atoms with Gasteiger partial charge in [0.15, 0.2) is 5.82 Å². The van der Waals surface area contributed by atoms with Gasteiger partial charge < -0.3 is 14.2 Å². The number of carbonyl (C=O) groups excluding carboxylic acids is 1. The van der Waals surface area contributed by atoms with E-state index in [1.165, 1.54) is 12.5 Å². The van der Waals surface area contributed by atoms with Crippen LogP contribution in [0.15, 0.2) is 41.3 Å². The van der Waals surface area contributed by atoms with Crippen molar-refractivity contribution >= 4 is 12.0 Å². The molecule has 1 fully saturated rings. The minimum absolute atomic E-state index is 0.184. The number of hydrogen-bond acceptors (Lipinski definition) is 6. The van der Waals surface area contributed by atoms with Gasteiger partial charge in [-0.3, -0.25) is 4.79 Å². The maximum Gasteiger partial charge on any atom is 0.247 e. The molecule has 0 N–H and O–H groups in total. The number of nitrogens with zero attached hydrogens (tertiary/aromatic N) is 4. The summed E-state index contributed by atoms with van der Waals surface area (Å²) in [7, 11) is 0. The minimum Gasteiger partial charge on any atom is -0.377 e. The smallest absolute Gasteiger partial charge is 0.247 e. The van der Waals surface area contributed by atoms with Crippen molar-refractivity contribution in [2.75, 3.05) is 19.8 Å². The summed E-state index contributed by atoms with van der Waals surface area (Å²) in [6.45, 7) is 1.24. The Balaban J connectivity index is 1.78. The van der Waals surface area contributed by atoms with E-state index >= 15 is 0 Å². The Labute approximate surface area is 132 Å². The Hall–Kier alpha value is -2.98. The molecule has 7 nitrogen and oxygen atoms in total. The predicted molar refractivity (Wildman–Crippen MR) is 79.8 cm³/mol. The van der Waals surface area contributed by atoms with Gasteiger partial charge in [-0.2, -0.15) is 10.2 Å². The van der Waals surface area contributed by atoms with Crippen LogP contribution in [0, 0.1) is 11.3 Å². The average Bonchev–Trinajstić information content (AvgIpc) is 3.14. The fraction of sp³-hybridized carbons (Fsp3) is 0.250. The minimum atomic E-state index is -0.370. The van der Waals surface area contributed by atoms with Crippen molar-refractivity contribution in [1.82, 2.24) is 15.0 Å². The Morgan fingerprint density at radius 2 is 2.30 bits per heavy atom. The highest BCUT2D eigenvalue weighted by atomic mass is 16.5. The zero-order chi connectivity index (χ0) is 16.1. The third kappa shape index (κ3) is 3.27. The average molecular weight is 310 g/mol. The molecule has 1 saturated heterocycles. The van der Waals surface area contributed by atoms with E-state index in [2.05, 4.69) is 16.2 Å². The van der Waals surface area contributed by atoms with Crippen molar-refractivity contribution in [2.45, 2.75) is 6.04 Å². The fourth-order valence-corrected chi connectivity index (χ4v) is 2.41. The molecule has 2 aromatic rings. The number of ether oxygens (including phenoxy) is 1. The summed E-state index contributed by atoms with van der Waals surface area (Å²) in [5.41, 5.74) is 1.22. The lowest BCUT2D eigenvalue weighted by Crippen LogP contribution is -2.43. The van der Waals surface area contributed by atoms with Gasteiger partial charge in [-0.05, 0) is 17.7 Å². The molecule has 23 heavy (non-hydrogen) atoms. The standard InChI is InChI=1S/C16H14N4O3/c17-9-13-4-2-1-3-12(13)5-6-15(21)20-7-8-22-10-14(20)16-18-11-23-19-16/h1-6,11,14H,7-8,10H2/b6-5+. The maximum absolute atomic E-state index is 12.5. The van der Waals surface area contributed by atoms with Crippen LogP contribution in [0.25, 0.3) is 6.08 Å². The van der Waals surface area contributed by atoms with Crippen LogP contribution < -0.4 is 0 Å². The third-order valence-electron chi connectivity index (χ3n) is 3.57. The van der Waals surface area contributed by atoms with Crippen LogP contribution in [0.3, 0.4) is 0 Å². The molecule has 1 aromatic carbocycles. The normalized spacial score (nSPS) is 18.0.